The smallest absolute Gasteiger partial charge is 0.330 e. The van der Waals surface area contributed by atoms with Crippen molar-refractivity contribution in [3.63, 3.8) is 0 Å². The number of carbonyl (C=O) groups excluding carboxylic acids is 1. The molecule has 2 aromatic carbocycles. The van der Waals surface area contributed by atoms with Crippen molar-refractivity contribution in [1.82, 2.24) is 0 Å². The van der Waals surface area contributed by atoms with Crippen molar-refractivity contribution >= 4 is 17.6 Å². The second-order valence-corrected chi connectivity index (χ2v) is 9.69. The van der Waals surface area contributed by atoms with E-state index in [1.54, 1.807) is 31.4 Å². The molecule has 166 valence electrons. The molecule has 1 unspecified atom stereocenters. The quantitative estimate of drug-likeness (QED) is 0.720. The van der Waals surface area contributed by atoms with Crippen molar-refractivity contribution in [2.75, 3.05) is 12.0 Å². The Kier molecular flexibility index (Phi) is 5.78. The zero-order chi connectivity index (χ0) is 23.1. The van der Waals surface area contributed by atoms with E-state index in [-0.39, 0.29) is 29.9 Å². The maximum Gasteiger partial charge on any atom is 0.330 e. The number of methoxy groups -OCH3 is 1. The van der Waals surface area contributed by atoms with Crippen LogP contribution in [0.4, 0.5) is 5.69 Å². The summed E-state index contributed by atoms with van der Waals surface area (Å²) < 4.78 is 5.55. The maximum atomic E-state index is 13.8. The molecular weight excluding hydrogens is 394 g/mol. The van der Waals surface area contributed by atoms with Crippen LogP contribution in [0.25, 0.3) is 0 Å². The van der Waals surface area contributed by atoms with Crippen molar-refractivity contribution in [2.24, 2.45) is 5.92 Å². The number of aromatic hydroxyl groups is 1. The summed E-state index contributed by atoms with van der Waals surface area (Å²) in [5, 5.41) is 20.7. The number of carbonyl (C=O) groups is 2. The van der Waals surface area contributed by atoms with Crippen LogP contribution < -0.4 is 9.64 Å². The maximum absolute atomic E-state index is 13.8. The lowest BCUT2D eigenvalue weighted by atomic mass is 9.84. The van der Waals surface area contributed by atoms with Gasteiger partial charge in [-0.15, -0.1) is 0 Å². The molecule has 2 aromatic rings. The van der Waals surface area contributed by atoms with E-state index in [2.05, 4.69) is 20.8 Å². The molecular formula is C25H31NO5. The van der Waals surface area contributed by atoms with Gasteiger partial charge in [0.25, 0.3) is 5.91 Å². The number of ether oxygens (including phenoxy) is 1. The summed E-state index contributed by atoms with van der Waals surface area (Å²) in [4.78, 5) is 27.7. The molecule has 0 saturated heterocycles. The van der Waals surface area contributed by atoms with Crippen LogP contribution in [-0.4, -0.2) is 34.7 Å². The van der Waals surface area contributed by atoms with Gasteiger partial charge in [-0.3, -0.25) is 9.69 Å². The Morgan fingerprint density at radius 2 is 1.87 bits per heavy atom. The van der Waals surface area contributed by atoms with Crippen molar-refractivity contribution in [3.05, 3.63) is 53.1 Å². The molecule has 1 aliphatic heterocycles. The number of hydrogen-bond acceptors (Lipinski definition) is 4. The fourth-order valence-corrected chi connectivity index (χ4v) is 4.53. The van der Waals surface area contributed by atoms with Crippen LogP contribution >= 0.6 is 0 Å². The third-order valence-electron chi connectivity index (χ3n) is 5.87. The molecule has 0 fully saturated rings. The summed E-state index contributed by atoms with van der Waals surface area (Å²) in [7, 11) is 1.56. The highest BCUT2D eigenvalue weighted by Gasteiger charge is 2.54. The Hall–Kier alpha value is -3.02. The number of carboxylic acid groups (broad SMARTS) is 1. The van der Waals surface area contributed by atoms with Gasteiger partial charge in [0.2, 0.25) is 0 Å². The summed E-state index contributed by atoms with van der Waals surface area (Å²) in [5.41, 5.74) is 0.571. The molecule has 0 radical (unpaired) electrons. The molecule has 0 aliphatic carbocycles. The van der Waals surface area contributed by atoms with Gasteiger partial charge >= 0.3 is 5.97 Å². The molecule has 1 aliphatic rings. The molecule has 1 atom stereocenters. The number of phenolic OH excluding ortho intramolecular Hbond substituents is 1. The standard InChI is InChI=1S/C25H31NO5/c1-15(2)13-25(23(29)30)14-17-19(8-7-9-20(17)27)26(25)22(28)16-10-11-18(24(3,4)5)21(12-16)31-6/h7-12,15,27H,13-14H2,1-6H3,(H,29,30). The number of benzene rings is 2. The summed E-state index contributed by atoms with van der Waals surface area (Å²) in [6, 6.07) is 10.1. The van der Waals surface area contributed by atoms with Crippen molar-refractivity contribution in [1.29, 1.82) is 0 Å². The normalized spacial score (nSPS) is 18.2. The number of rotatable bonds is 5. The minimum absolute atomic E-state index is 0.00263. The Morgan fingerprint density at radius 3 is 2.42 bits per heavy atom. The van der Waals surface area contributed by atoms with Crippen LogP contribution in [0.2, 0.25) is 0 Å². The lowest BCUT2D eigenvalue weighted by Gasteiger charge is -2.36. The molecule has 0 bridgehead atoms. The Balaban J connectivity index is 2.19. The summed E-state index contributed by atoms with van der Waals surface area (Å²) in [6.07, 6.45) is 0.324. The first-order valence-electron chi connectivity index (χ1n) is 10.5. The lowest BCUT2D eigenvalue weighted by molar-refractivity contribution is -0.143. The van der Waals surface area contributed by atoms with Crippen LogP contribution in [0.1, 0.15) is 62.5 Å². The number of nitrogens with zero attached hydrogens (tertiary/aromatic N) is 1. The molecule has 0 spiro atoms. The number of aliphatic carboxylic acids is 1. The highest BCUT2D eigenvalue weighted by atomic mass is 16.5. The molecule has 1 heterocycles. The minimum atomic E-state index is -1.47. The number of amides is 1. The molecule has 2 N–H and O–H groups in total. The summed E-state index contributed by atoms with van der Waals surface area (Å²) >= 11 is 0. The highest BCUT2D eigenvalue weighted by molar-refractivity contribution is 6.13. The topological polar surface area (TPSA) is 87.1 Å². The van der Waals surface area contributed by atoms with E-state index in [1.807, 2.05) is 19.9 Å². The average Bonchev–Trinajstić information content (AvgIpc) is 3.02. The van der Waals surface area contributed by atoms with Crippen LogP contribution in [0.3, 0.4) is 0 Å². The zero-order valence-corrected chi connectivity index (χ0v) is 19.0. The predicted molar refractivity (Wildman–Crippen MR) is 120 cm³/mol. The van der Waals surface area contributed by atoms with Crippen LogP contribution in [-0.2, 0) is 16.6 Å². The average molecular weight is 426 g/mol. The number of hydrogen-bond donors (Lipinski definition) is 2. The van der Waals surface area contributed by atoms with E-state index < -0.39 is 17.4 Å². The Morgan fingerprint density at radius 1 is 1.19 bits per heavy atom. The van der Waals surface area contributed by atoms with Gasteiger partial charge in [0, 0.05) is 17.5 Å². The van der Waals surface area contributed by atoms with E-state index in [4.69, 9.17) is 4.74 Å². The zero-order valence-electron chi connectivity index (χ0n) is 19.0. The second-order valence-electron chi connectivity index (χ2n) is 9.69. The van der Waals surface area contributed by atoms with Gasteiger partial charge in [-0.05, 0) is 47.6 Å². The monoisotopic (exact) mass is 425 g/mol. The van der Waals surface area contributed by atoms with Gasteiger partial charge < -0.3 is 14.9 Å². The van der Waals surface area contributed by atoms with Gasteiger partial charge in [-0.2, -0.15) is 0 Å². The second kappa shape index (κ2) is 7.91. The lowest BCUT2D eigenvalue weighted by Crippen LogP contribution is -2.56. The van der Waals surface area contributed by atoms with Crippen LogP contribution in [0.5, 0.6) is 11.5 Å². The van der Waals surface area contributed by atoms with E-state index in [1.165, 1.54) is 11.0 Å². The fourth-order valence-electron chi connectivity index (χ4n) is 4.53. The Bertz CT molecular complexity index is 1020. The van der Waals surface area contributed by atoms with Crippen molar-refractivity contribution in [2.45, 2.75) is 58.4 Å². The van der Waals surface area contributed by atoms with Gasteiger partial charge in [-0.25, -0.2) is 4.79 Å². The number of fused-ring (bicyclic) bond motifs is 1. The third-order valence-corrected chi connectivity index (χ3v) is 5.87. The largest absolute Gasteiger partial charge is 0.508 e. The highest BCUT2D eigenvalue weighted by Crippen LogP contribution is 2.47. The molecule has 31 heavy (non-hydrogen) atoms. The van der Waals surface area contributed by atoms with Crippen LogP contribution in [0, 0.1) is 5.92 Å². The van der Waals surface area contributed by atoms with Gasteiger partial charge in [0.15, 0.2) is 0 Å². The van der Waals surface area contributed by atoms with E-state index in [9.17, 15) is 19.8 Å². The molecule has 6 nitrogen and oxygen atoms in total. The number of carboxylic acids is 1. The molecule has 0 saturated carbocycles. The van der Waals surface area contributed by atoms with Crippen LogP contribution in [0.15, 0.2) is 36.4 Å². The number of phenols is 1. The summed E-state index contributed by atoms with van der Waals surface area (Å²) in [5.74, 6) is -0.892. The molecule has 1 amide bonds. The molecule has 3 rings (SSSR count). The van der Waals surface area contributed by atoms with E-state index >= 15 is 0 Å². The third kappa shape index (κ3) is 3.87. The Labute approximate surface area is 183 Å². The van der Waals surface area contributed by atoms with Crippen molar-refractivity contribution in [3.8, 4) is 11.5 Å². The fraction of sp³-hybridized carbons (Fsp3) is 0.440. The number of anilines is 1. The first-order chi connectivity index (χ1) is 14.4. The van der Waals surface area contributed by atoms with Gasteiger partial charge in [-0.1, -0.05) is 46.8 Å². The minimum Gasteiger partial charge on any atom is -0.508 e. The molecule has 0 aromatic heterocycles. The first-order valence-corrected chi connectivity index (χ1v) is 10.5. The van der Waals surface area contributed by atoms with Gasteiger partial charge in [0.1, 0.15) is 17.0 Å². The van der Waals surface area contributed by atoms with Gasteiger partial charge in [0.05, 0.1) is 12.8 Å². The first kappa shape index (κ1) is 22.7. The van der Waals surface area contributed by atoms with E-state index in [0.29, 0.717) is 22.6 Å². The van der Waals surface area contributed by atoms with E-state index in [0.717, 1.165) is 5.56 Å². The van der Waals surface area contributed by atoms with Crippen molar-refractivity contribution < 1.29 is 24.5 Å². The summed E-state index contributed by atoms with van der Waals surface area (Å²) in [6.45, 7) is 10.0. The molecule has 6 heteroatoms. The SMILES string of the molecule is COc1cc(C(=O)N2c3cccc(O)c3CC2(CC(C)C)C(=O)O)ccc1C(C)(C)C. The predicted octanol–water partition coefficient (Wildman–Crippen LogP) is 4.77.